The number of Topliss-reactive ketones (excluding diaryl/α,β-unsaturated/α-hetero) is 1. The molecule has 5 nitrogen and oxygen atoms in total. The minimum atomic E-state index is -3.62. The molecule has 0 radical (unpaired) electrons. The maximum absolute atomic E-state index is 11.3. The van der Waals surface area contributed by atoms with Crippen molar-refractivity contribution in [3.63, 3.8) is 0 Å². The van der Waals surface area contributed by atoms with Crippen molar-refractivity contribution in [1.29, 1.82) is 0 Å². The van der Waals surface area contributed by atoms with Crippen molar-refractivity contribution in [1.82, 2.24) is 0 Å². The minimum absolute atomic E-state index is 0.00636. The molecule has 0 atom stereocenters. The van der Waals surface area contributed by atoms with Gasteiger partial charge < -0.3 is 4.74 Å². The maximum Gasteiger partial charge on any atom is 0.283 e. The Labute approximate surface area is 91.3 Å². The molecular formula is C8H7NO4S2. The second-order valence-electron chi connectivity index (χ2n) is 3.00. The van der Waals surface area contributed by atoms with Gasteiger partial charge >= 0.3 is 0 Å². The van der Waals surface area contributed by atoms with Gasteiger partial charge in [0.25, 0.3) is 9.06 Å². The van der Waals surface area contributed by atoms with Gasteiger partial charge in [-0.1, -0.05) is 0 Å². The van der Waals surface area contributed by atoms with Crippen LogP contribution in [0.25, 0.3) is 0 Å². The van der Waals surface area contributed by atoms with E-state index in [1.807, 2.05) is 0 Å². The smallest absolute Gasteiger partial charge is 0.283 e. The predicted molar refractivity (Wildman–Crippen MR) is 57.8 cm³/mol. The topological polar surface area (TPSA) is 72.5 Å². The molecule has 1 aromatic rings. The van der Waals surface area contributed by atoms with Crippen molar-refractivity contribution in [2.75, 3.05) is 11.3 Å². The monoisotopic (exact) mass is 245 g/mol. The molecule has 0 fully saturated rings. The predicted octanol–water partition coefficient (Wildman–Crippen LogP) is 0.848. The highest BCUT2D eigenvalue weighted by molar-refractivity contribution is 8.64. The van der Waals surface area contributed by atoms with Crippen LogP contribution in [0.3, 0.4) is 0 Å². The molecule has 1 N–H and O–H groups in total. The first-order valence-electron chi connectivity index (χ1n) is 4.01. The molecule has 15 heavy (non-hydrogen) atoms. The zero-order chi connectivity index (χ0) is 11.1. The molecule has 1 aromatic carbocycles. The molecule has 1 aliphatic heterocycles. The lowest BCUT2D eigenvalue weighted by Crippen LogP contribution is -2.05. The van der Waals surface area contributed by atoms with Crippen LogP contribution in [-0.4, -0.2) is 20.8 Å². The van der Waals surface area contributed by atoms with Gasteiger partial charge in [0.2, 0.25) is 5.78 Å². The van der Waals surface area contributed by atoms with Crippen molar-refractivity contribution in [3.8, 4) is 5.75 Å². The zero-order valence-corrected chi connectivity index (χ0v) is 9.14. The van der Waals surface area contributed by atoms with Crippen LogP contribution in [-0.2, 0) is 9.06 Å². The Morgan fingerprint density at radius 1 is 1.40 bits per heavy atom. The molecule has 0 spiro atoms. The van der Waals surface area contributed by atoms with E-state index in [1.54, 1.807) is 6.07 Å². The van der Waals surface area contributed by atoms with E-state index < -0.39 is 9.06 Å². The average Bonchev–Trinajstić information content (AvgIpc) is 2.45. The molecular weight excluding hydrogens is 238 g/mol. The summed E-state index contributed by atoms with van der Waals surface area (Å²) < 4.78 is 28.8. The van der Waals surface area contributed by atoms with Crippen LogP contribution in [0.1, 0.15) is 10.4 Å². The standard InChI is InChI=1S/C8H7NO4S2/c10-7-4-13-8-2-1-5(3-6(7)8)9-15(11,12)14/h1-3,9H,4H2,(H,11,12,14). The third-order valence-corrected chi connectivity index (χ3v) is 2.65. The van der Waals surface area contributed by atoms with Gasteiger partial charge in [0, 0.05) is 0 Å². The Morgan fingerprint density at radius 2 is 2.13 bits per heavy atom. The fourth-order valence-electron chi connectivity index (χ4n) is 1.31. The molecule has 0 saturated heterocycles. The van der Waals surface area contributed by atoms with Gasteiger partial charge in [-0.2, -0.15) is 8.42 Å². The van der Waals surface area contributed by atoms with Gasteiger partial charge in [-0.15, -0.1) is 0 Å². The van der Waals surface area contributed by atoms with Gasteiger partial charge in [-0.25, -0.2) is 0 Å². The number of carbonyl (C=O) groups is 1. The quantitative estimate of drug-likeness (QED) is 0.598. The summed E-state index contributed by atoms with van der Waals surface area (Å²) in [4.78, 5) is 11.3. The van der Waals surface area contributed by atoms with Crippen LogP contribution in [0.15, 0.2) is 18.2 Å². The number of nitrogens with one attached hydrogen (secondary N) is 1. The number of carbonyl (C=O) groups excluding carboxylic acids is 1. The van der Waals surface area contributed by atoms with Crippen molar-refractivity contribution >= 4 is 32.2 Å². The molecule has 0 saturated carbocycles. The molecule has 0 unspecified atom stereocenters. The number of fused-ring (bicyclic) bond motifs is 1. The lowest BCUT2D eigenvalue weighted by molar-refractivity contribution is 0.0961. The summed E-state index contributed by atoms with van der Waals surface area (Å²) in [6, 6.07) is 4.48. The number of ether oxygens (including phenoxy) is 1. The second-order valence-corrected chi connectivity index (χ2v) is 5.60. The Kier molecular flexibility index (Phi) is 2.35. The molecule has 1 heterocycles. The van der Waals surface area contributed by atoms with E-state index in [0.29, 0.717) is 17.0 Å². The van der Waals surface area contributed by atoms with Crippen molar-refractivity contribution in [2.24, 2.45) is 0 Å². The van der Waals surface area contributed by atoms with E-state index in [9.17, 15) is 13.2 Å². The molecule has 0 aromatic heterocycles. The summed E-state index contributed by atoms with van der Waals surface area (Å²) in [5, 5.41) is 0. The maximum atomic E-state index is 11.3. The minimum Gasteiger partial charge on any atom is -0.485 e. The van der Waals surface area contributed by atoms with Crippen molar-refractivity contribution in [3.05, 3.63) is 23.8 Å². The van der Waals surface area contributed by atoms with Crippen molar-refractivity contribution in [2.45, 2.75) is 0 Å². The molecule has 2 rings (SSSR count). The molecule has 1 aliphatic rings. The first-order valence-corrected chi connectivity index (χ1v) is 6.54. The van der Waals surface area contributed by atoms with Crippen LogP contribution in [0.5, 0.6) is 5.75 Å². The number of ketones is 1. The molecule has 0 bridgehead atoms. The average molecular weight is 245 g/mol. The number of anilines is 1. The van der Waals surface area contributed by atoms with Gasteiger partial charge in [-0.3, -0.25) is 9.52 Å². The van der Waals surface area contributed by atoms with E-state index in [-0.39, 0.29) is 12.4 Å². The van der Waals surface area contributed by atoms with Crippen LogP contribution < -0.4 is 9.46 Å². The Morgan fingerprint density at radius 3 is 2.80 bits per heavy atom. The highest BCUT2D eigenvalue weighted by Crippen LogP contribution is 2.28. The second kappa shape index (κ2) is 3.42. The molecule has 0 amide bonds. The fraction of sp³-hybridized carbons (Fsp3) is 0.125. The lowest BCUT2D eigenvalue weighted by atomic mass is 10.1. The van der Waals surface area contributed by atoms with Gasteiger partial charge in [-0.05, 0) is 29.9 Å². The number of rotatable bonds is 2. The van der Waals surface area contributed by atoms with E-state index in [4.69, 9.17) is 4.74 Å². The van der Waals surface area contributed by atoms with Crippen LogP contribution in [0.2, 0.25) is 0 Å². The van der Waals surface area contributed by atoms with E-state index in [2.05, 4.69) is 16.4 Å². The summed E-state index contributed by atoms with van der Waals surface area (Å²) in [7, 11) is -3.62. The third-order valence-electron chi connectivity index (χ3n) is 1.89. The number of thiol groups is 1. The number of hydrogen-bond acceptors (Lipinski definition) is 4. The number of hydrogen-bond donors (Lipinski definition) is 2. The normalized spacial score (nSPS) is 14.6. The summed E-state index contributed by atoms with van der Waals surface area (Å²) in [6.07, 6.45) is 0. The third kappa shape index (κ3) is 2.24. The largest absolute Gasteiger partial charge is 0.485 e. The fourth-order valence-corrected chi connectivity index (χ4v) is 2.05. The summed E-state index contributed by atoms with van der Waals surface area (Å²) in [6.45, 7) is 0.00636. The summed E-state index contributed by atoms with van der Waals surface area (Å²) in [5.74, 6) is 0.312. The van der Waals surface area contributed by atoms with Gasteiger partial charge in [0.1, 0.15) is 5.75 Å². The van der Waals surface area contributed by atoms with Gasteiger partial charge in [0.15, 0.2) is 6.61 Å². The molecule has 80 valence electrons. The van der Waals surface area contributed by atoms with Gasteiger partial charge in [0.05, 0.1) is 11.3 Å². The van der Waals surface area contributed by atoms with E-state index >= 15 is 0 Å². The first-order chi connectivity index (χ1) is 6.96. The molecule has 7 heteroatoms. The Balaban J connectivity index is 2.38. The van der Waals surface area contributed by atoms with Crippen molar-refractivity contribution < 1.29 is 17.9 Å². The van der Waals surface area contributed by atoms with Crippen LogP contribution in [0, 0.1) is 0 Å². The molecule has 0 aliphatic carbocycles. The summed E-state index contributed by atoms with van der Waals surface area (Å²) >= 11 is 3.34. The number of benzene rings is 1. The van der Waals surface area contributed by atoms with Crippen LogP contribution >= 0.6 is 11.7 Å². The van der Waals surface area contributed by atoms with E-state index in [0.717, 1.165) is 0 Å². The highest BCUT2D eigenvalue weighted by Gasteiger charge is 2.21. The highest BCUT2D eigenvalue weighted by atomic mass is 33.1. The van der Waals surface area contributed by atoms with E-state index in [1.165, 1.54) is 12.1 Å². The lowest BCUT2D eigenvalue weighted by Gasteiger charge is -2.03. The zero-order valence-electron chi connectivity index (χ0n) is 7.43. The Bertz CT molecular complexity index is 523. The SMILES string of the molecule is O=C1COc2ccc(NS(=O)(=O)S)cc21. The Hall–Kier alpha value is -1.21. The summed E-state index contributed by atoms with van der Waals surface area (Å²) in [5.41, 5.74) is 0.680. The first kappa shape index (κ1) is 10.3. The van der Waals surface area contributed by atoms with Crippen LogP contribution in [0.4, 0.5) is 5.69 Å².